The summed E-state index contributed by atoms with van der Waals surface area (Å²) in [5, 5.41) is 76.7. The number of aliphatic hydroxyl groups excluding tert-OH is 6. The molecule has 0 saturated heterocycles. The highest BCUT2D eigenvalue weighted by atomic mass is 16.4. The van der Waals surface area contributed by atoms with Crippen LogP contribution in [0.1, 0.15) is 40.0 Å². The average molecular weight is 468 g/mol. The van der Waals surface area contributed by atoms with Crippen molar-refractivity contribution in [3.05, 3.63) is 23.5 Å². The molecule has 0 bridgehead atoms. The maximum absolute atomic E-state index is 11.6. The van der Waals surface area contributed by atoms with Crippen molar-refractivity contribution in [3.8, 4) is 0 Å². The minimum Gasteiger partial charge on any atom is -0.512 e. The van der Waals surface area contributed by atoms with Gasteiger partial charge in [0.05, 0.1) is 30.2 Å². The molecule has 0 amide bonds. The first-order chi connectivity index (χ1) is 15.6. The summed E-state index contributed by atoms with van der Waals surface area (Å²) in [5.41, 5.74) is -2.06. The van der Waals surface area contributed by atoms with Crippen LogP contribution in [0, 0.1) is 35.5 Å². The number of aliphatic hydroxyl groups is 7. The van der Waals surface area contributed by atoms with Gasteiger partial charge in [-0.3, -0.25) is 0 Å². The fraction of sp³-hybridized carbons (Fsp3) is 0.840. The van der Waals surface area contributed by atoms with Crippen molar-refractivity contribution in [2.24, 2.45) is 35.5 Å². The lowest BCUT2D eigenvalue weighted by Crippen LogP contribution is -2.70. The molecule has 0 heterocycles. The van der Waals surface area contributed by atoms with Crippen molar-refractivity contribution in [1.29, 1.82) is 0 Å². The van der Waals surface area contributed by atoms with Crippen molar-refractivity contribution < 1.29 is 35.7 Å². The van der Waals surface area contributed by atoms with E-state index in [-0.39, 0.29) is 35.5 Å². The first kappa shape index (κ1) is 25.1. The van der Waals surface area contributed by atoms with Gasteiger partial charge in [-0.1, -0.05) is 26.0 Å². The van der Waals surface area contributed by atoms with Gasteiger partial charge in [0.1, 0.15) is 11.7 Å². The third-order valence-electron chi connectivity index (χ3n) is 9.30. The Morgan fingerprint density at radius 1 is 1.06 bits per heavy atom. The number of hydrogen-bond donors (Lipinski definition) is 7. The van der Waals surface area contributed by atoms with Gasteiger partial charge in [0, 0.05) is 36.3 Å². The summed E-state index contributed by atoms with van der Waals surface area (Å²) in [5.74, 6) is -1.83. The van der Waals surface area contributed by atoms with Gasteiger partial charge in [0.25, 0.3) is 0 Å². The lowest BCUT2D eigenvalue weighted by Gasteiger charge is -2.60. The standard InChI is InChI=1S/C25H41NO7/c1-4-26(5-2)11-13-6-7-17(28)21-16(13)9-14-8-15-10-18(29)19(12(3)27)23(31)25(15,33)24(32)20(14)22(21)30/h6-7,12-17,20-24,27-33H,4-5,8-11H2,1-3H3/t12?,13?,14-,15+,16?,17?,20?,21?,22?,23?,24?,25-/m1/s1. The Bertz CT molecular complexity index is 781. The van der Waals surface area contributed by atoms with Gasteiger partial charge in [0.2, 0.25) is 0 Å². The van der Waals surface area contributed by atoms with E-state index < -0.39 is 53.9 Å². The van der Waals surface area contributed by atoms with Crippen molar-refractivity contribution in [2.45, 2.75) is 76.2 Å². The highest BCUT2D eigenvalue weighted by Crippen LogP contribution is 2.57. The molecule has 0 radical (unpaired) electrons. The van der Waals surface area contributed by atoms with Crippen molar-refractivity contribution in [1.82, 2.24) is 4.90 Å². The summed E-state index contributed by atoms with van der Waals surface area (Å²) >= 11 is 0. The van der Waals surface area contributed by atoms with Crippen LogP contribution in [-0.2, 0) is 0 Å². The van der Waals surface area contributed by atoms with E-state index in [2.05, 4.69) is 24.8 Å². The Morgan fingerprint density at radius 3 is 2.33 bits per heavy atom. The molecule has 0 aromatic heterocycles. The summed E-state index contributed by atoms with van der Waals surface area (Å²) in [4.78, 5) is 2.33. The van der Waals surface area contributed by atoms with E-state index in [1.54, 1.807) is 6.08 Å². The predicted octanol–water partition coefficient (Wildman–Crippen LogP) is 0.174. The molecule has 4 aliphatic carbocycles. The topological polar surface area (TPSA) is 145 Å². The molecule has 0 spiro atoms. The number of fused-ring (bicyclic) bond motifs is 3. The fourth-order valence-corrected chi connectivity index (χ4v) is 7.53. The third kappa shape index (κ3) is 3.88. The minimum atomic E-state index is -1.98. The van der Waals surface area contributed by atoms with Crippen LogP contribution in [0.3, 0.4) is 0 Å². The predicted molar refractivity (Wildman–Crippen MR) is 122 cm³/mol. The maximum atomic E-state index is 11.6. The van der Waals surface area contributed by atoms with E-state index in [9.17, 15) is 35.7 Å². The monoisotopic (exact) mass is 467 g/mol. The average Bonchev–Trinajstić information content (AvgIpc) is 2.75. The van der Waals surface area contributed by atoms with Gasteiger partial charge in [-0.25, -0.2) is 0 Å². The number of hydrogen-bond acceptors (Lipinski definition) is 8. The first-order valence-electron chi connectivity index (χ1n) is 12.5. The smallest absolute Gasteiger partial charge is 0.124 e. The molecular formula is C25H41NO7. The largest absolute Gasteiger partial charge is 0.512 e. The summed E-state index contributed by atoms with van der Waals surface area (Å²) in [6.07, 6.45) is -1.17. The second-order valence-electron chi connectivity index (χ2n) is 10.8. The van der Waals surface area contributed by atoms with Gasteiger partial charge in [0.15, 0.2) is 0 Å². The first-order valence-corrected chi connectivity index (χ1v) is 12.5. The molecular weight excluding hydrogens is 426 g/mol. The Hall–Kier alpha value is -1.00. The molecule has 7 N–H and O–H groups in total. The van der Waals surface area contributed by atoms with Crippen LogP contribution in [0.5, 0.6) is 0 Å². The molecule has 0 aliphatic heterocycles. The molecule has 4 aliphatic rings. The zero-order valence-electron chi connectivity index (χ0n) is 19.8. The Balaban J connectivity index is 1.66. The quantitative estimate of drug-likeness (QED) is 0.284. The van der Waals surface area contributed by atoms with Gasteiger partial charge in [-0.05, 0) is 50.6 Å². The molecule has 2 saturated carbocycles. The molecule has 188 valence electrons. The normalized spacial score (nSPS) is 48.3. The summed E-state index contributed by atoms with van der Waals surface area (Å²) < 4.78 is 0. The second-order valence-corrected chi connectivity index (χ2v) is 10.8. The van der Waals surface area contributed by atoms with Crippen molar-refractivity contribution in [2.75, 3.05) is 19.6 Å². The van der Waals surface area contributed by atoms with Crippen LogP contribution < -0.4 is 0 Å². The lowest BCUT2D eigenvalue weighted by atomic mass is 9.49. The van der Waals surface area contributed by atoms with Crippen LogP contribution in [0.15, 0.2) is 23.5 Å². The van der Waals surface area contributed by atoms with Crippen LogP contribution >= 0.6 is 0 Å². The van der Waals surface area contributed by atoms with E-state index in [0.717, 1.165) is 19.6 Å². The van der Waals surface area contributed by atoms with Crippen molar-refractivity contribution in [3.63, 3.8) is 0 Å². The molecule has 8 heteroatoms. The summed E-state index contributed by atoms with van der Waals surface area (Å²) in [6, 6.07) is 0. The number of rotatable bonds is 5. The third-order valence-corrected chi connectivity index (χ3v) is 9.30. The fourth-order valence-electron chi connectivity index (χ4n) is 7.53. The minimum absolute atomic E-state index is 0.0333. The summed E-state index contributed by atoms with van der Waals surface area (Å²) in [7, 11) is 0. The lowest BCUT2D eigenvalue weighted by molar-refractivity contribution is -0.256. The molecule has 0 aromatic rings. The van der Waals surface area contributed by atoms with Gasteiger partial charge < -0.3 is 40.6 Å². The van der Waals surface area contributed by atoms with Crippen LogP contribution in [0.4, 0.5) is 0 Å². The van der Waals surface area contributed by atoms with Gasteiger partial charge >= 0.3 is 0 Å². The van der Waals surface area contributed by atoms with E-state index in [0.29, 0.717) is 12.8 Å². The zero-order chi connectivity index (χ0) is 24.2. The van der Waals surface area contributed by atoms with Gasteiger partial charge in [-0.15, -0.1) is 0 Å². The van der Waals surface area contributed by atoms with Crippen LogP contribution in [0.25, 0.3) is 0 Å². The Morgan fingerprint density at radius 2 is 1.73 bits per heavy atom. The van der Waals surface area contributed by atoms with E-state index in [4.69, 9.17) is 0 Å². The highest BCUT2D eigenvalue weighted by Gasteiger charge is 2.64. The molecule has 33 heavy (non-hydrogen) atoms. The molecule has 8 nitrogen and oxygen atoms in total. The molecule has 0 aromatic carbocycles. The van der Waals surface area contributed by atoms with Crippen molar-refractivity contribution >= 4 is 0 Å². The van der Waals surface area contributed by atoms with E-state index >= 15 is 0 Å². The second kappa shape index (κ2) is 9.22. The Labute approximate surface area is 195 Å². The maximum Gasteiger partial charge on any atom is 0.124 e. The zero-order valence-corrected chi connectivity index (χ0v) is 19.8. The Kier molecular flexibility index (Phi) is 7.02. The molecule has 9 unspecified atom stereocenters. The molecule has 12 atom stereocenters. The molecule has 4 rings (SSSR count). The number of allylic oxidation sites excluding steroid dienone is 1. The van der Waals surface area contributed by atoms with E-state index in [1.807, 2.05) is 0 Å². The van der Waals surface area contributed by atoms with Gasteiger partial charge in [-0.2, -0.15) is 0 Å². The van der Waals surface area contributed by atoms with Crippen LogP contribution in [-0.4, -0.2) is 96.4 Å². The van der Waals surface area contributed by atoms with E-state index in [1.165, 1.54) is 6.92 Å². The molecule has 2 fully saturated rings. The summed E-state index contributed by atoms with van der Waals surface area (Å²) in [6.45, 7) is 8.29. The number of nitrogens with zero attached hydrogens (tertiary/aromatic N) is 1. The highest BCUT2D eigenvalue weighted by molar-refractivity contribution is 5.30. The SMILES string of the molecule is CCN(CC)CC1C=CC(O)C2C(O)C3C(O)[C@]4(O)C(O)C(C(C)O)=C(O)C[C@@H]4C[C@@H]3CC12. The van der Waals surface area contributed by atoms with Crippen LogP contribution in [0.2, 0.25) is 0 Å².